The summed E-state index contributed by atoms with van der Waals surface area (Å²) < 4.78 is 39.2. The van der Waals surface area contributed by atoms with E-state index in [4.69, 9.17) is 11.6 Å². The van der Waals surface area contributed by atoms with E-state index >= 15 is 0 Å². The molecule has 0 aliphatic heterocycles. The zero-order valence-corrected chi connectivity index (χ0v) is 12.1. The summed E-state index contributed by atoms with van der Waals surface area (Å²) in [5.41, 5.74) is 0.414. The van der Waals surface area contributed by atoms with Gasteiger partial charge in [0.15, 0.2) is 17.5 Å². The zero-order valence-electron chi connectivity index (χ0n) is 11.3. The van der Waals surface area contributed by atoms with Gasteiger partial charge >= 0.3 is 6.03 Å². The minimum Gasteiger partial charge on any atom is -0.338 e. The van der Waals surface area contributed by atoms with E-state index in [0.29, 0.717) is 11.4 Å². The lowest BCUT2D eigenvalue weighted by atomic mass is 10.1. The number of benzene rings is 2. The van der Waals surface area contributed by atoms with Gasteiger partial charge < -0.3 is 10.6 Å². The SMILES string of the molecule is O=C(NCCc1ccccc1Cl)Nc1ccc(F)c(F)c1F. The smallest absolute Gasteiger partial charge is 0.319 e. The second kappa shape index (κ2) is 7.17. The Morgan fingerprint density at radius 3 is 2.50 bits per heavy atom. The van der Waals surface area contributed by atoms with Crippen LogP contribution >= 0.6 is 11.6 Å². The highest BCUT2D eigenvalue weighted by Crippen LogP contribution is 2.19. The highest BCUT2D eigenvalue weighted by Gasteiger charge is 2.14. The minimum atomic E-state index is -1.63. The Labute approximate surface area is 130 Å². The molecule has 0 atom stereocenters. The third kappa shape index (κ3) is 3.92. The monoisotopic (exact) mass is 328 g/mol. The fourth-order valence-corrected chi connectivity index (χ4v) is 2.03. The van der Waals surface area contributed by atoms with Crippen LogP contribution in [-0.4, -0.2) is 12.6 Å². The number of hydrogen-bond donors (Lipinski definition) is 2. The molecule has 0 saturated heterocycles. The van der Waals surface area contributed by atoms with E-state index in [0.717, 1.165) is 17.7 Å². The maximum atomic E-state index is 13.4. The van der Waals surface area contributed by atoms with Crippen molar-refractivity contribution in [2.75, 3.05) is 11.9 Å². The Hall–Kier alpha value is -2.21. The summed E-state index contributed by atoms with van der Waals surface area (Å²) in [6.07, 6.45) is 0.480. The van der Waals surface area contributed by atoms with Gasteiger partial charge in [0.25, 0.3) is 0 Å². The fraction of sp³-hybridized carbons (Fsp3) is 0.133. The lowest BCUT2D eigenvalue weighted by Gasteiger charge is -2.09. The number of rotatable bonds is 4. The number of halogens is 4. The summed E-state index contributed by atoms with van der Waals surface area (Å²) in [5.74, 6) is -4.39. The van der Waals surface area contributed by atoms with E-state index in [1.807, 2.05) is 12.1 Å². The first-order chi connectivity index (χ1) is 10.5. The maximum absolute atomic E-state index is 13.4. The van der Waals surface area contributed by atoms with E-state index in [2.05, 4.69) is 10.6 Å². The molecular weight excluding hydrogens is 317 g/mol. The molecule has 3 nitrogen and oxygen atoms in total. The molecular formula is C15H12ClF3N2O. The fourth-order valence-electron chi connectivity index (χ4n) is 1.80. The average Bonchev–Trinajstić information content (AvgIpc) is 2.50. The Balaban J connectivity index is 1.89. The van der Waals surface area contributed by atoms with Gasteiger partial charge in [-0.05, 0) is 30.2 Å². The van der Waals surface area contributed by atoms with Gasteiger partial charge in [0.1, 0.15) is 0 Å². The molecule has 0 fully saturated rings. The highest BCUT2D eigenvalue weighted by atomic mass is 35.5. The number of nitrogens with one attached hydrogen (secondary N) is 2. The first-order valence-electron chi connectivity index (χ1n) is 6.41. The van der Waals surface area contributed by atoms with E-state index in [1.54, 1.807) is 12.1 Å². The lowest BCUT2D eigenvalue weighted by molar-refractivity contribution is 0.252. The Morgan fingerprint density at radius 2 is 1.77 bits per heavy atom. The molecule has 0 aliphatic carbocycles. The minimum absolute atomic E-state index is 0.251. The summed E-state index contributed by atoms with van der Waals surface area (Å²) in [4.78, 5) is 11.6. The number of anilines is 1. The van der Waals surface area contributed by atoms with Crippen molar-refractivity contribution in [2.45, 2.75) is 6.42 Å². The zero-order chi connectivity index (χ0) is 16.1. The lowest BCUT2D eigenvalue weighted by Crippen LogP contribution is -2.31. The largest absolute Gasteiger partial charge is 0.338 e. The predicted octanol–water partition coefficient (Wildman–Crippen LogP) is 4.12. The van der Waals surface area contributed by atoms with Gasteiger partial charge in [-0.15, -0.1) is 0 Å². The van der Waals surface area contributed by atoms with Gasteiger partial charge in [0.2, 0.25) is 0 Å². The number of hydrogen-bond acceptors (Lipinski definition) is 1. The number of carbonyl (C=O) groups excluding carboxylic acids is 1. The van der Waals surface area contributed by atoms with Crippen molar-refractivity contribution in [1.29, 1.82) is 0 Å². The second-order valence-corrected chi connectivity index (χ2v) is 4.85. The predicted molar refractivity (Wildman–Crippen MR) is 78.5 cm³/mol. The van der Waals surface area contributed by atoms with Crippen LogP contribution in [0.2, 0.25) is 5.02 Å². The van der Waals surface area contributed by atoms with Crippen LogP contribution in [0.1, 0.15) is 5.56 Å². The molecule has 0 spiro atoms. The topological polar surface area (TPSA) is 41.1 Å². The van der Waals surface area contributed by atoms with E-state index < -0.39 is 29.2 Å². The van der Waals surface area contributed by atoms with Crippen molar-refractivity contribution >= 4 is 23.3 Å². The maximum Gasteiger partial charge on any atom is 0.319 e. The quantitative estimate of drug-likeness (QED) is 0.814. The van der Waals surface area contributed by atoms with Crippen LogP contribution in [0, 0.1) is 17.5 Å². The molecule has 0 aliphatic rings. The summed E-state index contributed by atoms with van der Waals surface area (Å²) in [5, 5.41) is 5.17. The van der Waals surface area contributed by atoms with Gasteiger partial charge in [0, 0.05) is 11.6 Å². The first kappa shape index (κ1) is 16.2. The van der Waals surface area contributed by atoms with Crippen molar-refractivity contribution in [2.24, 2.45) is 0 Å². The van der Waals surface area contributed by atoms with Gasteiger partial charge in [-0.1, -0.05) is 29.8 Å². The molecule has 2 aromatic carbocycles. The highest BCUT2D eigenvalue weighted by molar-refractivity contribution is 6.31. The first-order valence-corrected chi connectivity index (χ1v) is 6.78. The molecule has 0 heterocycles. The molecule has 116 valence electrons. The molecule has 0 radical (unpaired) electrons. The molecule has 0 bridgehead atoms. The second-order valence-electron chi connectivity index (χ2n) is 4.45. The van der Waals surface area contributed by atoms with Gasteiger partial charge in [-0.2, -0.15) is 0 Å². The molecule has 0 saturated carbocycles. The molecule has 2 amide bonds. The van der Waals surface area contributed by atoms with Gasteiger partial charge in [-0.25, -0.2) is 18.0 Å². The Morgan fingerprint density at radius 1 is 1.05 bits per heavy atom. The Bertz CT molecular complexity index is 694. The molecule has 0 unspecified atom stereocenters. The summed E-state index contributed by atoms with van der Waals surface area (Å²) in [6.45, 7) is 0.251. The number of carbonyl (C=O) groups is 1. The van der Waals surface area contributed by atoms with Crippen LogP contribution in [0.4, 0.5) is 23.7 Å². The van der Waals surface area contributed by atoms with Crippen LogP contribution in [0.15, 0.2) is 36.4 Å². The third-order valence-corrected chi connectivity index (χ3v) is 3.29. The normalized spacial score (nSPS) is 10.4. The van der Waals surface area contributed by atoms with Crippen LogP contribution in [0.3, 0.4) is 0 Å². The van der Waals surface area contributed by atoms with E-state index in [-0.39, 0.29) is 6.54 Å². The van der Waals surface area contributed by atoms with Crippen LogP contribution in [0.25, 0.3) is 0 Å². The summed E-state index contributed by atoms with van der Waals surface area (Å²) in [7, 11) is 0. The van der Waals surface area contributed by atoms with Crippen molar-refractivity contribution in [1.82, 2.24) is 5.32 Å². The molecule has 2 N–H and O–H groups in total. The standard InChI is InChI=1S/C15H12ClF3N2O/c16-10-4-2-1-3-9(10)7-8-20-15(22)21-12-6-5-11(17)13(18)14(12)19/h1-6H,7-8H2,(H2,20,21,22). The third-order valence-electron chi connectivity index (χ3n) is 2.92. The molecule has 7 heteroatoms. The molecule has 0 aromatic heterocycles. The number of urea groups is 1. The van der Waals surface area contributed by atoms with Crippen molar-refractivity contribution in [3.05, 3.63) is 64.4 Å². The van der Waals surface area contributed by atoms with E-state index in [9.17, 15) is 18.0 Å². The van der Waals surface area contributed by atoms with Crippen LogP contribution < -0.4 is 10.6 Å². The van der Waals surface area contributed by atoms with Crippen molar-refractivity contribution in [3.8, 4) is 0 Å². The average molecular weight is 329 g/mol. The van der Waals surface area contributed by atoms with Gasteiger partial charge in [-0.3, -0.25) is 0 Å². The number of amides is 2. The summed E-state index contributed by atoms with van der Waals surface area (Å²) >= 11 is 5.97. The summed E-state index contributed by atoms with van der Waals surface area (Å²) in [6, 6.07) is 8.11. The van der Waals surface area contributed by atoms with Crippen molar-refractivity contribution in [3.63, 3.8) is 0 Å². The van der Waals surface area contributed by atoms with Crippen molar-refractivity contribution < 1.29 is 18.0 Å². The van der Waals surface area contributed by atoms with E-state index in [1.165, 1.54) is 0 Å². The van der Waals surface area contributed by atoms with Crippen LogP contribution in [0.5, 0.6) is 0 Å². The van der Waals surface area contributed by atoms with Gasteiger partial charge in [0.05, 0.1) is 5.69 Å². The van der Waals surface area contributed by atoms with Crippen LogP contribution in [-0.2, 0) is 6.42 Å². The molecule has 2 rings (SSSR count). The molecule has 2 aromatic rings. The molecule has 22 heavy (non-hydrogen) atoms. The Kier molecular flexibility index (Phi) is 5.27.